The van der Waals surface area contributed by atoms with Crippen LogP contribution in [0.25, 0.3) is 0 Å². The first-order valence-electron chi connectivity index (χ1n) is 6.71. The summed E-state index contributed by atoms with van der Waals surface area (Å²) in [6.07, 6.45) is -12.7. The van der Waals surface area contributed by atoms with Crippen molar-refractivity contribution in [1.29, 1.82) is 0 Å². The summed E-state index contributed by atoms with van der Waals surface area (Å²) in [4.78, 5) is 21.8. The van der Waals surface area contributed by atoms with E-state index in [1.165, 1.54) is 0 Å². The van der Waals surface area contributed by atoms with E-state index in [9.17, 15) is 35.9 Å². The minimum absolute atomic E-state index is 0.484. The van der Waals surface area contributed by atoms with Crippen LogP contribution in [-0.2, 0) is 19.1 Å². The number of benzene rings is 1. The van der Waals surface area contributed by atoms with Gasteiger partial charge in [0.25, 0.3) is 0 Å². The fourth-order valence-corrected chi connectivity index (χ4v) is 2.04. The van der Waals surface area contributed by atoms with E-state index in [4.69, 9.17) is 5.11 Å². The van der Waals surface area contributed by atoms with Crippen molar-refractivity contribution in [1.82, 2.24) is 0 Å². The van der Waals surface area contributed by atoms with E-state index in [-0.39, 0.29) is 0 Å². The first-order chi connectivity index (χ1) is 11.8. The summed E-state index contributed by atoms with van der Waals surface area (Å²) >= 11 is 3.00. The van der Waals surface area contributed by atoms with Crippen molar-refractivity contribution >= 4 is 27.9 Å². The van der Waals surface area contributed by atoms with E-state index < -0.39 is 47.9 Å². The zero-order valence-electron chi connectivity index (χ0n) is 12.6. The van der Waals surface area contributed by atoms with Crippen LogP contribution in [-0.4, -0.2) is 48.2 Å². The number of hydrogen-bond donors (Lipinski definition) is 1. The average molecular weight is 453 g/mol. The van der Waals surface area contributed by atoms with Crippen LogP contribution < -0.4 is 0 Å². The molecule has 0 fully saturated rings. The number of esters is 2. The van der Waals surface area contributed by atoms with Gasteiger partial charge in [-0.1, -0.05) is 46.3 Å². The Kier molecular flexibility index (Phi) is 7.05. The van der Waals surface area contributed by atoms with Gasteiger partial charge >= 0.3 is 29.9 Å². The SMILES string of the molecule is O=C(OCCOC(=O)C(O)(C(F)(F)F)C(F)(F)F)C(Br)c1ccccc1. The molecule has 0 aliphatic heterocycles. The second kappa shape index (κ2) is 8.25. The zero-order valence-corrected chi connectivity index (χ0v) is 14.2. The van der Waals surface area contributed by atoms with E-state index >= 15 is 0 Å². The Labute approximate surface area is 151 Å². The van der Waals surface area contributed by atoms with Crippen LogP contribution in [0.1, 0.15) is 10.4 Å². The molecule has 0 aliphatic carbocycles. The molecule has 0 saturated carbocycles. The van der Waals surface area contributed by atoms with Crippen molar-refractivity contribution in [2.24, 2.45) is 0 Å². The second-order valence-electron chi connectivity index (χ2n) is 4.78. The highest BCUT2D eigenvalue weighted by Crippen LogP contribution is 2.43. The maximum atomic E-state index is 12.4. The van der Waals surface area contributed by atoms with Crippen LogP contribution in [0.2, 0.25) is 0 Å². The molecule has 0 amide bonds. The number of alkyl halides is 7. The molecular weight excluding hydrogens is 442 g/mol. The maximum absolute atomic E-state index is 12.4. The van der Waals surface area contributed by atoms with E-state index in [1.807, 2.05) is 0 Å². The molecule has 146 valence electrons. The fraction of sp³-hybridized carbons (Fsp3) is 0.429. The maximum Gasteiger partial charge on any atom is 0.437 e. The highest BCUT2D eigenvalue weighted by atomic mass is 79.9. The van der Waals surface area contributed by atoms with Gasteiger partial charge in [-0.05, 0) is 5.56 Å². The number of carbonyl (C=O) groups is 2. The smallest absolute Gasteiger partial charge is 0.437 e. The van der Waals surface area contributed by atoms with E-state index in [1.54, 1.807) is 30.3 Å². The van der Waals surface area contributed by atoms with Gasteiger partial charge in [-0.15, -0.1) is 0 Å². The van der Waals surface area contributed by atoms with Crippen molar-refractivity contribution in [2.45, 2.75) is 22.8 Å². The molecule has 0 bridgehead atoms. The summed E-state index contributed by atoms with van der Waals surface area (Å²) in [5.41, 5.74) is -5.19. The van der Waals surface area contributed by atoms with Crippen molar-refractivity contribution in [3.8, 4) is 0 Å². The van der Waals surface area contributed by atoms with Gasteiger partial charge in [0, 0.05) is 0 Å². The molecule has 1 atom stereocenters. The molecule has 0 heterocycles. The minimum atomic E-state index is -6.34. The normalized spacial score (nSPS) is 13.8. The van der Waals surface area contributed by atoms with Gasteiger partial charge in [0.15, 0.2) is 0 Å². The van der Waals surface area contributed by atoms with Crippen molar-refractivity contribution in [2.75, 3.05) is 13.2 Å². The van der Waals surface area contributed by atoms with Crippen LogP contribution in [0.5, 0.6) is 0 Å². The molecule has 1 rings (SSSR count). The highest BCUT2D eigenvalue weighted by molar-refractivity contribution is 9.09. The molecular formula is C14H11BrF6O5. The lowest BCUT2D eigenvalue weighted by Gasteiger charge is -2.29. The minimum Gasteiger partial charge on any atom is -0.461 e. The van der Waals surface area contributed by atoms with Crippen molar-refractivity contribution in [3.63, 3.8) is 0 Å². The number of carbonyl (C=O) groups excluding carboxylic acids is 2. The second-order valence-corrected chi connectivity index (χ2v) is 5.70. The standard InChI is InChI=1S/C14H11BrF6O5/c15-9(8-4-2-1-3-5-8)10(22)25-6-7-26-11(23)12(24,13(16,17)18)14(19,20)21/h1-5,9,24H,6-7H2. The van der Waals surface area contributed by atoms with Gasteiger partial charge < -0.3 is 14.6 Å². The zero-order chi connectivity index (χ0) is 20.2. The Morgan fingerprint density at radius 3 is 1.88 bits per heavy atom. The Morgan fingerprint density at radius 2 is 1.42 bits per heavy atom. The Bertz CT molecular complexity index is 617. The molecule has 0 aromatic heterocycles. The number of hydrogen-bond acceptors (Lipinski definition) is 5. The number of aliphatic hydroxyl groups is 1. The molecule has 5 nitrogen and oxygen atoms in total. The van der Waals surface area contributed by atoms with Crippen molar-refractivity contribution in [3.05, 3.63) is 35.9 Å². The van der Waals surface area contributed by atoms with E-state index in [2.05, 4.69) is 25.4 Å². The molecule has 0 aliphatic rings. The Balaban J connectivity index is 2.59. The van der Waals surface area contributed by atoms with E-state index in [0.717, 1.165) is 0 Å². The van der Waals surface area contributed by atoms with Crippen LogP contribution >= 0.6 is 15.9 Å². The molecule has 0 radical (unpaired) electrons. The summed E-state index contributed by atoms with van der Waals surface area (Å²) in [5, 5.41) is 8.76. The van der Waals surface area contributed by atoms with E-state index in [0.29, 0.717) is 5.56 Å². The van der Waals surface area contributed by atoms with Gasteiger partial charge in [0.2, 0.25) is 0 Å². The van der Waals surface area contributed by atoms with Gasteiger partial charge in [-0.25, -0.2) is 4.79 Å². The molecule has 1 N–H and O–H groups in total. The Morgan fingerprint density at radius 1 is 0.962 bits per heavy atom. The topological polar surface area (TPSA) is 72.8 Å². The van der Waals surface area contributed by atoms with Gasteiger partial charge in [0.1, 0.15) is 18.0 Å². The molecule has 1 aromatic rings. The van der Waals surface area contributed by atoms with Gasteiger partial charge in [-0.3, -0.25) is 4.79 Å². The quantitative estimate of drug-likeness (QED) is 0.311. The monoisotopic (exact) mass is 452 g/mol. The fourth-order valence-electron chi connectivity index (χ4n) is 1.60. The number of ether oxygens (including phenoxy) is 2. The van der Waals surface area contributed by atoms with Crippen LogP contribution in [0.15, 0.2) is 30.3 Å². The van der Waals surface area contributed by atoms with Crippen LogP contribution in [0.3, 0.4) is 0 Å². The summed E-state index contributed by atoms with van der Waals surface area (Å²) in [7, 11) is 0. The summed E-state index contributed by atoms with van der Waals surface area (Å²) in [6, 6.07) is 8.04. The molecule has 12 heteroatoms. The lowest BCUT2D eigenvalue weighted by atomic mass is 10.0. The van der Waals surface area contributed by atoms with Crippen molar-refractivity contribution < 1.29 is 50.5 Å². The molecule has 0 spiro atoms. The first kappa shape index (κ1) is 22.2. The molecule has 0 saturated heterocycles. The molecule has 1 unspecified atom stereocenters. The first-order valence-corrected chi connectivity index (χ1v) is 7.62. The van der Waals surface area contributed by atoms with Gasteiger partial charge in [0.05, 0.1) is 0 Å². The largest absolute Gasteiger partial charge is 0.461 e. The lowest BCUT2D eigenvalue weighted by molar-refractivity contribution is -0.357. The highest BCUT2D eigenvalue weighted by Gasteiger charge is 2.76. The average Bonchev–Trinajstić information content (AvgIpc) is 2.55. The van der Waals surface area contributed by atoms with Crippen LogP contribution in [0, 0.1) is 0 Å². The summed E-state index contributed by atoms with van der Waals surface area (Å²) in [6.45, 7) is -1.93. The molecule has 1 aromatic carbocycles. The molecule has 26 heavy (non-hydrogen) atoms. The van der Waals surface area contributed by atoms with Crippen LogP contribution in [0.4, 0.5) is 26.3 Å². The Hall–Kier alpha value is -1.82. The summed E-state index contributed by atoms with van der Waals surface area (Å²) < 4.78 is 82.9. The van der Waals surface area contributed by atoms with Gasteiger partial charge in [-0.2, -0.15) is 26.3 Å². The predicted molar refractivity (Wildman–Crippen MR) is 77.1 cm³/mol. The number of halogens is 7. The summed E-state index contributed by atoms with van der Waals surface area (Å²) in [5.74, 6) is -3.87. The number of rotatable bonds is 6. The third-order valence-electron chi connectivity index (χ3n) is 2.98. The predicted octanol–water partition coefficient (Wildman–Crippen LogP) is 3.06. The third-order valence-corrected chi connectivity index (χ3v) is 3.88. The lowest BCUT2D eigenvalue weighted by Crippen LogP contribution is -2.63. The third kappa shape index (κ3) is 4.87.